The minimum Gasteiger partial charge on any atom is -0.494 e. The summed E-state index contributed by atoms with van der Waals surface area (Å²) in [6.07, 6.45) is 1.54. The molecule has 0 aliphatic carbocycles. The van der Waals surface area contributed by atoms with Crippen LogP contribution in [-0.4, -0.2) is 12.1 Å². The van der Waals surface area contributed by atoms with E-state index in [2.05, 4.69) is 26.2 Å². The van der Waals surface area contributed by atoms with Gasteiger partial charge in [-0.3, -0.25) is 0 Å². The van der Waals surface area contributed by atoms with Crippen molar-refractivity contribution in [2.75, 3.05) is 18.2 Å². The smallest absolute Gasteiger partial charge is 0.165 e. The Labute approximate surface area is 112 Å². The first-order valence-corrected chi connectivity index (χ1v) is 5.91. The molecule has 0 fully saturated rings. The van der Waals surface area contributed by atoms with Gasteiger partial charge in [0.05, 0.1) is 23.5 Å². The molecular weight excluding hydrogens is 301 g/mol. The van der Waals surface area contributed by atoms with Gasteiger partial charge in [-0.25, -0.2) is 9.37 Å². The summed E-state index contributed by atoms with van der Waals surface area (Å²) in [6.45, 7) is 0. The molecule has 2 aromatic rings. The Morgan fingerprint density at radius 1 is 1.39 bits per heavy atom. The third-order valence-electron chi connectivity index (χ3n) is 2.28. The third kappa shape index (κ3) is 2.70. The van der Waals surface area contributed by atoms with Crippen LogP contribution in [0.4, 0.5) is 21.6 Å². The zero-order chi connectivity index (χ0) is 13.1. The molecule has 0 aliphatic heterocycles. The Bertz CT molecular complexity index is 577. The molecule has 0 radical (unpaired) electrons. The van der Waals surface area contributed by atoms with Gasteiger partial charge >= 0.3 is 0 Å². The average Bonchev–Trinajstić information content (AvgIpc) is 2.35. The van der Waals surface area contributed by atoms with Gasteiger partial charge in [0.1, 0.15) is 5.82 Å². The molecule has 0 saturated heterocycles. The predicted molar refractivity (Wildman–Crippen MR) is 72.6 cm³/mol. The van der Waals surface area contributed by atoms with E-state index >= 15 is 0 Å². The number of anilines is 3. The number of nitrogens with one attached hydrogen (secondary N) is 1. The first-order valence-electron chi connectivity index (χ1n) is 5.11. The molecule has 3 N–H and O–H groups in total. The molecule has 0 unspecified atom stereocenters. The van der Waals surface area contributed by atoms with E-state index in [1.54, 1.807) is 18.2 Å². The van der Waals surface area contributed by atoms with Gasteiger partial charge in [-0.2, -0.15) is 0 Å². The van der Waals surface area contributed by atoms with Crippen LogP contribution in [0.25, 0.3) is 0 Å². The molecule has 0 aliphatic rings. The maximum absolute atomic E-state index is 13.2. The Balaban J connectivity index is 2.28. The number of halogens is 2. The van der Waals surface area contributed by atoms with Crippen LogP contribution in [0.2, 0.25) is 0 Å². The minimum absolute atomic E-state index is 0.173. The molecule has 1 aromatic heterocycles. The van der Waals surface area contributed by atoms with Crippen LogP contribution < -0.4 is 15.8 Å². The van der Waals surface area contributed by atoms with Crippen molar-refractivity contribution >= 4 is 33.1 Å². The van der Waals surface area contributed by atoms with Gasteiger partial charge in [-0.1, -0.05) is 0 Å². The summed E-state index contributed by atoms with van der Waals surface area (Å²) in [5.41, 5.74) is 6.83. The number of nitrogens with zero attached hydrogens (tertiary/aromatic N) is 1. The number of rotatable bonds is 3. The molecule has 0 amide bonds. The van der Waals surface area contributed by atoms with Crippen molar-refractivity contribution in [3.05, 3.63) is 40.8 Å². The fourth-order valence-corrected chi connectivity index (χ4v) is 1.88. The number of pyridine rings is 1. The number of benzene rings is 1. The lowest BCUT2D eigenvalue weighted by molar-refractivity contribution is 0.387. The second-order valence-electron chi connectivity index (χ2n) is 3.57. The fourth-order valence-electron chi connectivity index (χ4n) is 1.42. The Kier molecular flexibility index (Phi) is 3.66. The Morgan fingerprint density at radius 3 is 2.83 bits per heavy atom. The number of nitrogen functional groups attached to an aromatic ring is 1. The summed E-state index contributed by atoms with van der Waals surface area (Å²) in [4.78, 5) is 4.13. The molecule has 6 heteroatoms. The van der Waals surface area contributed by atoms with Crippen molar-refractivity contribution in [2.45, 2.75) is 0 Å². The second-order valence-corrected chi connectivity index (χ2v) is 4.43. The molecule has 0 spiro atoms. The molecule has 2 rings (SSSR count). The number of hydrogen-bond donors (Lipinski definition) is 2. The molecule has 0 saturated carbocycles. The van der Waals surface area contributed by atoms with Crippen LogP contribution in [-0.2, 0) is 0 Å². The average molecular weight is 312 g/mol. The topological polar surface area (TPSA) is 60.2 Å². The molecule has 1 heterocycles. The quantitative estimate of drug-likeness (QED) is 0.913. The highest BCUT2D eigenvalue weighted by Crippen LogP contribution is 2.28. The molecule has 1 aromatic carbocycles. The maximum atomic E-state index is 13.2. The standard InChI is InChI=1S/C12H11BrFN3O/c1-18-11-5-8(2-3-10(11)14)17-12-9(13)4-7(15)6-16-12/h2-6H,15H2,1H3,(H,16,17). The van der Waals surface area contributed by atoms with Crippen molar-refractivity contribution in [2.24, 2.45) is 0 Å². The SMILES string of the molecule is COc1cc(Nc2ncc(N)cc2Br)ccc1F. The summed E-state index contributed by atoms with van der Waals surface area (Å²) in [7, 11) is 1.42. The summed E-state index contributed by atoms with van der Waals surface area (Å²) < 4.78 is 18.9. The van der Waals surface area contributed by atoms with Gasteiger partial charge in [0.25, 0.3) is 0 Å². The fraction of sp³-hybridized carbons (Fsp3) is 0.0833. The summed E-state index contributed by atoms with van der Waals surface area (Å²) in [5, 5.41) is 3.04. The van der Waals surface area contributed by atoms with E-state index in [4.69, 9.17) is 10.5 Å². The zero-order valence-electron chi connectivity index (χ0n) is 9.58. The van der Waals surface area contributed by atoms with Crippen LogP contribution in [0, 0.1) is 5.82 Å². The van der Waals surface area contributed by atoms with E-state index in [9.17, 15) is 4.39 Å². The molecular formula is C12H11BrFN3O. The number of nitrogens with two attached hydrogens (primary N) is 1. The predicted octanol–water partition coefficient (Wildman–Crippen LogP) is 3.32. The lowest BCUT2D eigenvalue weighted by Crippen LogP contribution is -1.97. The number of ether oxygens (including phenoxy) is 1. The van der Waals surface area contributed by atoms with Crippen molar-refractivity contribution in [3.63, 3.8) is 0 Å². The highest BCUT2D eigenvalue weighted by Gasteiger charge is 2.06. The number of aromatic nitrogens is 1. The second kappa shape index (κ2) is 5.22. The van der Waals surface area contributed by atoms with E-state index in [1.807, 2.05) is 0 Å². The summed E-state index contributed by atoms with van der Waals surface area (Å²) >= 11 is 3.34. The highest BCUT2D eigenvalue weighted by atomic mass is 79.9. The molecule has 0 bridgehead atoms. The van der Waals surface area contributed by atoms with Crippen LogP contribution in [0.15, 0.2) is 34.9 Å². The maximum Gasteiger partial charge on any atom is 0.165 e. The van der Waals surface area contributed by atoms with Gasteiger partial charge < -0.3 is 15.8 Å². The highest BCUT2D eigenvalue weighted by molar-refractivity contribution is 9.10. The first-order chi connectivity index (χ1) is 8.60. The lowest BCUT2D eigenvalue weighted by Gasteiger charge is -2.09. The normalized spacial score (nSPS) is 10.2. The van der Waals surface area contributed by atoms with Crippen molar-refractivity contribution in [1.29, 1.82) is 0 Å². The van der Waals surface area contributed by atoms with Crippen molar-refractivity contribution in [3.8, 4) is 5.75 Å². The van der Waals surface area contributed by atoms with Crippen LogP contribution in [0.3, 0.4) is 0 Å². The summed E-state index contributed by atoms with van der Waals surface area (Å²) in [6, 6.07) is 6.21. The molecule has 4 nitrogen and oxygen atoms in total. The van der Waals surface area contributed by atoms with E-state index in [-0.39, 0.29) is 5.75 Å². The van der Waals surface area contributed by atoms with E-state index in [0.717, 1.165) is 4.47 Å². The molecule has 94 valence electrons. The number of methoxy groups -OCH3 is 1. The van der Waals surface area contributed by atoms with Gasteiger partial charge in [0.15, 0.2) is 11.6 Å². The monoisotopic (exact) mass is 311 g/mol. The van der Waals surface area contributed by atoms with Gasteiger partial charge in [-0.15, -0.1) is 0 Å². The zero-order valence-corrected chi connectivity index (χ0v) is 11.2. The minimum atomic E-state index is -0.410. The third-order valence-corrected chi connectivity index (χ3v) is 2.88. The largest absolute Gasteiger partial charge is 0.494 e. The van der Waals surface area contributed by atoms with E-state index in [1.165, 1.54) is 19.4 Å². The van der Waals surface area contributed by atoms with Crippen LogP contribution in [0.5, 0.6) is 5.75 Å². The van der Waals surface area contributed by atoms with Gasteiger partial charge in [0, 0.05) is 11.8 Å². The van der Waals surface area contributed by atoms with Crippen LogP contribution >= 0.6 is 15.9 Å². The lowest BCUT2D eigenvalue weighted by atomic mass is 10.3. The van der Waals surface area contributed by atoms with E-state index in [0.29, 0.717) is 17.2 Å². The molecule has 18 heavy (non-hydrogen) atoms. The Morgan fingerprint density at radius 2 is 2.17 bits per heavy atom. The summed E-state index contributed by atoms with van der Waals surface area (Å²) in [5.74, 6) is 0.358. The van der Waals surface area contributed by atoms with Crippen molar-refractivity contribution < 1.29 is 9.13 Å². The first kappa shape index (κ1) is 12.6. The van der Waals surface area contributed by atoms with Gasteiger partial charge in [0.2, 0.25) is 0 Å². The number of hydrogen-bond acceptors (Lipinski definition) is 4. The van der Waals surface area contributed by atoms with Crippen molar-refractivity contribution in [1.82, 2.24) is 4.98 Å². The molecule has 0 atom stereocenters. The van der Waals surface area contributed by atoms with Gasteiger partial charge in [-0.05, 0) is 34.1 Å². The van der Waals surface area contributed by atoms with Crippen LogP contribution in [0.1, 0.15) is 0 Å². The Hall–Kier alpha value is -1.82. The van der Waals surface area contributed by atoms with E-state index < -0.39 is 5.82 Å².